The monoisotopic (exact) mass is 238 g/mol. The second-order valence-corrected chi connectivity index (χ2v) is 6.03. The largest absolute Gasteiger partial charge is 0.325 e. The Labute approximate surface area is 105 Å². The fourth-order valence-corrected chi connectivity index (χ4v) is 2.88. The summed E-state index contributed by atoms with van der Waals surface area (Å²) in [5.41, 5.74) is -0.329. The molecular formula is C14H26N2O. The Morgan fingerprint density at radius 2 is 2.12 bits per heavy atom. The van der Waals surface area contributed by atoms with Gasteiger partial charge >= 0.3 is 0 Å². The quantitative estimate of drug-likeness (QED) is 0.797. The number of nitrogens with zero attached hydrogens (tertiary/aromatic N) is 1. The van der Waals surface area contributed by atoms with Gasteiger partial charge in [-0.05, 0) is 44.4 Å². The number of hydrogen-bond donors (Lipinski definition) is 1. The molecule has 98 valence electrons. The molecule has 3 heteroatoms. The van der Waals surface area contributed by atoms with Gasteiger partial charge in [0.2, 0.25) is 5.91 Å². The number of nitrogens with one attached hydrogen (secondary N) is 1. The molecule has 3 nitrogen and oxygen atoms in total. The smallest absolute Gasteiger partial charge is 0.243 e. The predicted octanol–water partition coefficient (Wildman–Crippen LogP) is 2.37. The van der Waals surface area contributed by atoms with Gasteiger partial charge in [-0.3, -0.25) is 10.1 Å². The summed E-state index contributed by atoms with van der Waals surface area (Å²) in [5, 5.41) is 3.51. The van der Waals surface area contributed by atoms with E-state index in [1.165, 1.54) is 12.8 Å². The second kappa shape index (κ2) is 4.60. The zero-order chi connectivity index (χ0) is 12.6. The van der Waals surface area contributed by atoms with Crippen LogP contribution in [0.15, 0.2) is 0 Å². The third-order valence-corrected chi connectivity index (χ3v) is 4.60. The first kappa shape index (κ1) is 12.9. The second-order valence-electron chi connectivity index (χ2n) is 6.03. The van der Waals surface area contributed by atoms with Crippen molar-refractivity contribution in [3.63, 3.8) is 0 Å². The van der Waals surface area contributed by atoms with Crippen LogP contribution in [0.2, 0.25) is 0 Å². The van der Waals surface area contributed by atoms with Gasteiger partial charge in [0, 0.05) is 6.54 Å². The summed E-state index contributed by atoms with van der Waals surface area (Å²) in [7, 11) is 0. The van der Waals surface area contributed by atoms with E-state index in [0.29, 0.717) is 11.8 Å². The summed E-state index contributed by atoms with van der Waals surface area (Å²) < 4.78 is 0. The van der Waals surface area contributed by atoms with Crippen LogP contribution in [0.5, 0.6) is 0 Å². The van der Waals surface area contributed by atoms with Gasteiger partial charge in [0.1, 0.15) is 0 Å². The fraction of sp³-hybridized carbons (Fsp3) is 0.929. The minimum absolute atomic E-state index is 0.244. The van der Waals surface area contributed by atoms with Gasteiger partial charge in [-0.25, -0.2) is 0 Å². The van der Waals surface area contributed by atoms with E-state index in [4.69, 9.17) is 0 Å². The number of carbonyl (C=O) groups is 1. The van der Waals surface area contributed by atoms with Gasteiger partial charge in [0.05, 0.1) is 11.7 Å². The molecule has 1 amide bonds. The topological polar surface area (TPSA) is 32.3 Å². The number of rotatable bonds is 5. The van der Waals surface area contributed by atoms with Gasteiger partial charge in [-0.2, -0.15) is 0 Å². The lowest BCUT2D eigenvalue weighted by Crippen LogP contribution is -2.43. The molecule has 3 atom stereocenters. The van der Waals surface area contributed by atoms with E-state index < -0.39 is 0 Å². The van der Waals surface area contributed by atoms with Crippen molar-refractivity contribution >= 4 is 5.91 Å². The summed E-state index contributed by atoms with van der Waals surface area (Å²) >= 11 is 0. The van der Waals surface area contributed by atoms with Crippen molar-refractivity contribution in [1.82, 2.24) is 10.2 Å². The van der Waals surface area contributed by atoms with Crippen LogP contribution >= 0.6 is 0 Å². The van der Waals surface area contributed by atoms with Crippen LogP contribution < -0.4 is 5.32 Å². The molecule has 0 radical (unpaired) electrons. The number of amides is 1. The van der Waals surface area contributed by atoms with E-state index in [9.17, 15) is 4.79 Å². The lowest BCUT2D eigenvalue weighted by Gasteiger charge is -2.26. The third-order valence-electron chi connectivity index (χ3n) is 4.60. The third kappa shape index (κ3) is 2.35. The molecule has 1 N–H and O–H groups in total. The Morgan fingerprint density at radius 1 is 1.47 bits per heavy atom. The highest BCUT2D eigenvalue weighted by Crippen LogP contribution is 2.38. The highest BCUT2D eigenvalue weighted by molar-refractivity contribution is 5.88. The molecule has 3 unspecified atom stereocenters. The molecule has 1 saturated heterocycles. The Hall–Kier alpha value is -0.570. The maximum absolute atomic E-state index is 12.5. The molecular weight excluding hydrogens is 212 g/mol. The van der Waals surface area contributed by atoms with Crippen molar-refractivity contribution in [2.24, 2.45) is 11.8 Å². The first-order valence-electron chi connectivity index (χ1n) is 7.10. The lowest BCUT2D eigenvalue weighted by atomic mass is 9.98. The van der Waals surface area contributed by atoms with Crippen LogP contribution in [0.3, 0.4) is 0 Å². The van der Waals surface area contributed by atoms with Crippen molar-refractivity contribution in [2.75, 3.05) is 6.54 Å². The standard InChI is InChI=1S/C14H26N2O/c1-5-12-15-14(4,6-2)13(17)16(12)9-10(3)11-7-8-11/h10-12,15H,5-9H2,1-4H3. The van der Waals surface area contributed by atoms with Crippen LogP contribution in [0, 0.1) is 11.8 Å². The van der Waals surface area contributed by atoms with E-state index in [-0.39, 0.29) is 11.7 Å². The van der Waals surface area contributed by atoms with E-state index in [2.05, 4.69) is 31.0 Å². The molecule has 0 aromatic carbocycles. The van der Waals surface area contributed by atoms with Crippen molar-refractivity contribution in [1.29, 1.82) is 0 Å². The van der Waals surface area contributed by atoms with Crippen molar-refractivity contribution in [2.45, 2.75) is 65.1 Å². The van der Waals surface area contributed by atoms with E-state index in [0.717, 1.165) is 25.3 Å². The first-order chi connectivity index (χ1) is 8.01. The van der Waals surface area contributed by atoms with Crippen molar-refractivity contribution in [3.05, 3.63) is 0 Å². The molecule has 0 spiro atoms. The summed E-state index contributed by atoms with van der Waals surface area (Å²) in [6, 6.07) is 0. The minimum atomic E-state index is -0.329. The van der Waals surface area contributed by atoms with Crippen LogP contribution in [0.1, 0.15) is 53.4 Å². The average Bonchev–Trinajstić information content (AvgIpc) is 3.13. The molecule has 0 aromatic rings. The highest BCUT2D eigenvalue weighted by Gasteiger charge is 2.46. The summed E-state index contributed by atoms with van der Waals surface area (Å²) in [4.78, 5) is 14.6. The maximum Gasteiger partial charge on any atom is 0.243 e. The van der Waals surface area contributed by atoms with Gasteiger partial charge in [0.15, 0.2) is 0 Å². The molecule has 17 heavy (non-hydrogen) atoms. The van der Waals surface area contributed by atoms with Crippen LogP contribution in [-0.4, -0.2) is 29.1 Å². The fourth-order valence-electron chi connectivity index (χ4n) is 2.88. The van der Waals surface area contributed by atoms with E-state index in [1.54, 1.807) is 0 Å². The molecule has 2 rings (SSSR count). The zero-order valence-electron chi connectivity index (χ0n) is 11.6. The van der Waals surface area contributed by atoms with Crippen LogP contribution in [0.25, 0.3) is 0 Å². The molecule has 0 bridgehead atoms. The van der Waals surface area contributed by atoms with Gasteiger partial charge in [-0.15, -0.1) is 0 Å². The van der Waals surface area contributed by atoms with Crippen molar-refractivity contribution < 1.29 is 4.79 Å². The van der Waals surface area contributed by atoms with Gasteiger partial charge in [-0.1, -0.05) is 20.8 Å². The van der Waals surface area contributed by atoms with E-state index >= 15 is 0 Å². The zero-order valence-corrected chi connectivity index (χ0v) is 11.6. The summed E-state index contributed by atoms with van der Waals surface area (Å²) in [5.74, 6) is 1.84. The molecule has 1 aliphatic carbocycles. The Balaban J connectivity index is 2.05. The molecule has 1 aliphatic heterocycles. The Morgan fingerprint density at radius 3 is 2.59 bits per heavy atom. The Bertz CT molecular complexity index is 301. The summed E-state index contributed by atoms with van der Waals surface area (Å²) in [6.07, 6.45) is 4.83. The molecule has 2 aliphatic rings. The molecule has 1 heterocycles. The summed E-state index contributed by atoms with van der Waals surface area (Å²) in [6.45, 7) is 9.51. The lowest BCUT2D eigenvalue weighted by molar-refractivity contribution is -0.133. The van der Waals surface area contributed by atoms with Crippen molar-refractivity contribution in [3.8, 4) is 0 Å². The molecule has 1 saturated carbocycles. The first-order valence-corrected chi connectivity index (χ1v) is 7.10. The van der Waals surface area contributed by atoms with Gasteiger partial charge < -0.3 is 4.90 Å². The molecule has 0 aromatic heterocycles. The normalized spacial score (nSPS) is 35.4. The molecule has 2 fully saturated rings. The van der Waals surface area contributed by atoms with Crippen LogP contribution in [-0.2, 0) is 4.79 Å². The predicted molar refractivity (Wildman–Crippen MR) is 69.5 cm³/mol. The highest BCUT2D eigenvalue weighted by atomic mass is 16.2. The van der Waals surface area contributed by atoms with E-state index in [1.807, 2.05) is 6.92 Å². The SMILES string of the molecule is CCC1NC(C)(CC)C(=O)N1CC(C)C1CC1. The Kier molecular flexibility index (Phi) is 3.48. The average molecular weight is 238 g/mol. The number of carbonyl (C=O) groups excluding carboxylic acids is 1. The van der Waals surface area contributed by atoms with Gasteiger partial charge in [0.25, 0.3) is 0 Å². The number of hydrogen-bond acceptors (Lipinski definition) is 2. The maximum atomic E-state index is 12.5. The minimum Gasteiger partial charge on any atom is -0.325 e. The van der Waals surface area contributed by atoms with Crippen LogP contribution in [0.4, 0.5) is 0 Å².